The summed E-state index contributed by atoms with van der Waals surface area (Å²) in [7, 11) is -3.42. The van der Waals surface area contributed by atoms with Crippen LogP contribution in [-0.2, 0) is 9.84 Å². The smallest absolute Gasteiger partial charge is 0.258 e. The van der Waals surface area contributed by atoms with Crippen LogP contribution in [0, 0.1) is 0 Å². The van der Waals surface area contributed by atoms with Crippen LogP contribution in [0.15, 0.2) is 71.8 Å². The molecule has 3 aromatic rings. The maximum Gasteiger partial charge on any atom is 0.258 e. The Balaban J connectivity index is 2.08. The Labute approximate surface area is 156 Å². The molecule has 1 heterocycles. The highest BCUT2D eigenvalue weighted by Crippen LogP contribution is 2.31. The van der Waals surface area contributed by atoms with Gasteiger partial charge in [0.1, 0.15) is 5.15 Å². The van der Waals surface area contributed by atoms with Crippen molar-refractivity contribution in [2.75, 3.05) is 11.6 Å². The van der Waals surface area contributed by atoms with Crippen molar-refractivity contribution >= 4 is 33.0 Å². The van der Waals surface area contributed by atoms with E-state index in [9.17, 15) is 13.2 Å². The average molecular weight is 387 g/mol. The summed E-state index contributed by atoms with van der Waals surface area (Å²) in [6.45, 7) is 0. The van der Waals surface area contributed by atoms with Gasteiger partial charge in [-0.3, -0.25) is 4.79 Å². The molecule has 0 saturated heterocycles. The highest BCUT2D eigenvalue weighted by molar-refractivity contribution is 7.90. The van der Waals surface area contributed by atoms with Crippen molar-refractivity contribution in [1.29, 1.82) is 0 Å². The van der Waals surface area contributed by atoms with Crippen LogP contribution in [-0.4, -0.2) is 25.6 Å². The van der Waals surface area contributed by atoms with E-state index in [1.54, 1.807) is 18.2 Å². The average Bonchev–Trinajstić information content (AvgIpc) is 2.62. The van der Waals surface area contributed by atoms with Gasteiger partial charge < -0.3 is 5.32 Å². The predicted molar refractivity (Wildman–Crippen MR) is 102 cm³/mol. The molecule has 26 heavy (non-hydrogen) atoms. The molecule has 0 aliphatic carbocycles. The minimum atomic E-state index is -3.42. The highest BCUT2D eigenvalue weighted by atomic mass is 35.5. The zero-order valence-electron chi connectivity index (χ0n) is 13.8. The van der Waals surface area contributed by atoms with Crippen molar-refractivity contribution in [3.63, 3.8) is 0 Å². The number of aromatic nitrogens is 1. The maximum absolute atomic E-state index is 12.6. The van der Waals surface area contributed by atoms with Crippen LogP contribution in [0.1, 0.15) is 10.4 Å². The summed E-state index contributed by atoms with van der Waals surface area (Å²) >= 11 is 5.98. The van der Waals surface area contributed by atoms with Crippen LogP contribution in [0.5, 0.6) is 0 Å². The Morgan fingerprint density at radius 3 is 2.42 bits per heavy atom. The van der Waals surface area contributed by atoms with Crippen molar-refractivity contribution < 1.29 is 13.2 Å². The van der Waals surface area contributed by atoms with Gasteiger partial charge in [0.2, 0.25) is 0 Å². The van der Waals surface area contributed by atoms with Crippen molar-refractivity contribution in [2.45, 2.75) is 4.90 Å². The number of nitrogens with one attached hydrogen (secondary N) is 1. The fraction of sp³-hybridized carbons (Fsp3) is 0.0526. The van der Waals surface area contributed by atoms with Gasteiger partial charge in [-0.2, -0.15) is 0 Å². The molecular weight excluding hydrogens is 372 g/mol. The number of halogens is 1. The van der Waals surface area contributed by atoms with Crippen molar-refractivity contribution in [3.05, 3.63) is 77.6 Å². The summed E-state index contributed by atoms with van der Waals surface area (Å²) < 4.78 is 23.8. The van der Waals surface area contributed by atoms with Crippen LogP contribution >= 0.6 is 11.6 Å². The molecule has 0 bridgehead atoms. The monoisotopic (exact) mass is 386 g/mol. The molecule has 1 amide bonds. The third-order valence-corrected chi connectivity index (χ3v) is 5.17. The van der Waals surface area contributed by atoms with E-state index in [2.05, 4.69) is 10.3 Å². The SMILES string of the molecule is CS(=O)(=O)c1ccc(-c2ccccc2)c(NC(=O)c2cccnc2Cl)c1. The van der Waals surface area contributed by atoms with Gasteiger partial charge in [-0.25, -0.2) is 13.4 Å². The molecule has 5 nitrogen and oxygen atoms in total. The third kappa shape index (κ3) is 3.92. The third-order valence-electron chi connectivity index (χ3n) is 3.76. The molecule has 132 valence electrons. The largest absolute Gasteiger partial charge is 0.321 e. The molecule has 0 aliphatic heterocycles. The first-order valence-corrected chi connectivity index (χ1v) is 9.94. The summed E-state index contributed by atoms with van der Waals surface area (Å²) in [4.78, 5) is 16.6. The first kappa shape index (κ1) is 18.1. The Hall–Kier alpha value is -2.70. The number of sulfone groups is 1. The van der Waals surface area contributed by atoms with Gasteiger partial charge in [-0.1, -0.05) is 48.0 Å². The molecule has 0 atom stereocenters. The second-order valence-corrected chi connectivity index (χ2v) is 8.02. The molecule has 0 fully saturated rings. The number of anilines is 1. The molecule has 1 N–H and O–H groups in total. The Bertz CT molecular complexity index is 1070. The second kappa shape index (κ2) is 7.27. The van der Waals surface area contributed by atoms with Crippen molar-refractivity contribution in [1.82, 2.24) is 4.98 Å². The van der Waals surface area contributed by atoms with Gasteiger partial charge in [0, 0.05) is 18.0 Å². The van der Waals surface area contributed by atoms with Crippen LogP contribution in [0.25, 0.3) is 11.1 Å². The van der Waals surface area contributed by atoms with Crippen molar-refractivity contribution in [3.8, 4) is 11.1 Å². The standard InChI is InChI=1S/C19H15ClN2O3S/c1-26(24,25)14-9-10-15(13-6-3-2-4-7-13)17(12-14)22-19(23)16-8-5-11-21-18(16)20/h2-12H,1H3,(H,22,23). The fourth-order valence-corrected chi connectivity index (χ4v) is 3.32. The molecular formula is C19H15ClN2O3S. The van der Waals surface area contributed by atoms with Gasteiger partial charge in [-0.05, 0) is 29.8 Å². The van der Waals surface area contributed by atoms with Gasteiger partial charge >= 0.3 is 0 Å². The molecule has 0 spiro atoms. The summed E-state index contributed by atoms with van der Waals surface area (Å²) in [5.74, 6) is -0.467. The number of hydrogen-bond donors (Lipinski definition) is 1. The topological polar surface area (TPSA) is 76.1 Å². The molecule has 0 radical (unpaired) electrons. The van der Waals surface area contributed by atoms with E-state index in [1.165, 1.54) is 18.3 Å². The normalized spacial score (nSPS) is 11.2. The lowest BCUT2D eigenvalue weighted by Crippen LogP contribution is -2.14. The van der Waals surface area contributed by atoms with E-state index in [0.29, 0.717) is 11.3 Å². The number of nitrogens with zero attached hydrogens (tertiary/aromatic N) is 1. The van der Waals surface area contributed by atoms with E-state index in [0.717, 1.165) is 11.8 Å². The molecule has 0 aliphatic rings. The lowest BCUT2D eigenvalue weighted by molar-refractivity contribution is 0.102. The number of carbonyl (C=O) groups excluding carboxylic acids is 1. The number of amides is 1. The first-order valence-electron chi connectivity index (χ1n) is 7.67. The molecule has 3 rings (SSSR count). The Morgan fingerprint density at radius 2 is 1.77 bits per heavy atom. The van der Waals surface area contributed by atoms with E-state index < -0.39 is 15.7 Å². The number of pyridine rings is 1. The minimum absolute atomic E-state index is 0.0746. The number of carbonyl (C=O) groups is 1. The van der Waals surface area contributed by atoms with Crippen LogP contribution in [0.2, 0.25) is 5.15 Å². The van der Waals surface area contributed by atoms with Gasteiger partial charge in [0.15, 0.2) is 9.84 Å². The molecule has 0 unspecified atom stereocenters. The first-order chi connectivity index (χ1) is 12.4. The molecule has 0 saturated carbocycles. The number of rotatable bonds is 4. The molecule has 7 heteroatoms. The number of hydrogen-bond acceptors (Lipinski definition) is 4. The molecule has 1 aromatic heterocycles. The summed E-state index contributed by atoms with van der Waals surface area (Å²) in [6.07, 6.45) is 2.60. The van der Waals surface area contributed by atoms with E-state index in [1.807, 2.05) is 30.3 Å². The highest BCUT2D eigenvalue weighted by Gasteiger charge is 2.16. The Kier molecular flexibility index (Phi) is 5.06. The Morgan fingerprint density at radius 1 is 1.04 bits per heavy atom. The van der Waals surface area contributed by atoms with Gasteiger partial charge in [0.25, 0.3) is 5.91 Å². The van der Waals surface area contributed by atoms with Crippen molar-refractivity contribution in [2.24, 2.45) is 0 Å². The van der Waals surface area contributed by atoms with Crippen LogP contribution < -0.4 is 5.32 Å². The van der Waals surface area contributed by atoms with Crippen LogP contribution in [0.3, 0.4) is 0 Å². The summed E-state index contributed by atoms with van der Waals surface area (Å²) in [5, 5.41) is 2.83. The number of benzene rings is 2. The van der Waals surface area contributed by atoms with Gasteiger partial charge in [0.05, 0.1) is 16.1 Å². The zero-order valence-corrected chi connectivity index (χ0v) is 15.4. The quantitative estimate of drug-likeness (QED) is 0.686. The fourth-order valence-electron chi connectivity index (χ4n) is 2.47. The van der Waals surface area contributed by atoms with E-state index >= 15 is 0 Å². The predicted octanol–water partition coefficient (Wildman–Crippen LogP) is 4.06. The maximum atomic E-state index is 12.6. The zero-order chi connectivity index (χ0) is 18.7. The summed E-state index contributed by atoms with van der Waals surface area (Å²) in [6, 6.07) is 17.1. The summed E-state index contributed by atoms with van der Waals surface area (Å²) in [5.41, 5.74) is 2.13. The minimum Gasteiger partial charge on any atom is -0.321 e. The van der Waals surface area contributed by atoms with E-state index in [-0.39, 0.29) is 15.6 Å². The van der Waals surface area contributed by atoms with E-state index in [4.69, 9.17) is 11.6 Å². The van der Waals surface area contributed by atoms with Gasteiger partial charge in [-0.15, -0.1) is 0 Å². The lowest BCUT2D eigenvalue weighted by atomic mass is 10.0. The lowest BCUT2D eigenvalue weighted by Gasteiger charge is -2.13. The second-order valence-electron chi connectivity index (χ2n) is 5.64. The molecule has 2 aromatic carbocycles. The van der Waals surface area contributed by atoms with Crippen LogP contribution in [0.4, 0.5) is 5.69 Å².